The van der Waals surface area contributed by atoms with Gasteiger partial charge in [0, 0.05) is 29.2 Å². The lowest BCUT2D eigenvalue weighted by molar-refractivity contribution is 0.355. The fraction of sp³-hybridized carbons (Fsp3) is 0.238. The minimum absolute atomic E-state index is 0.509. The van der Waals surface area contributed by atoms with Crippen molar-refractivity contribution in [1.82, 2.24) is 9.97 Å². The van der Waals surface area contributed by atoms with Gasteiger partial charge in [0.15, 0.2) is 11.5 Å². The van der Waals surface area contributed by atoms with E-state index < -0.39 is 0 Å². The molecule has 140 valence electrons. The van der Waals surface area contributed by atoms with Gasteiger partial charge in [-0.3, -0.25) is 0 Å². The van der Waals surface area contributed by atoms with Gasteiger partial charge in [-0.1, -0.05) is 12.1 Å². The first-order valence-electron chi connectivity index (χ1n) is 8.67. The van der Waals surface area contributed by atoms with Crippen molar-refractivity contribution in [3.05, 3.63) is 59.3 Å². The van der Waals surface area contributed by atoms with Gasteiger partial charge < -0.3 is 20.1 Å². The Balaban J connectivity index is 1.86. The molecule has 6 nitrogen and oxygen atoms in total. The second kappa shape index (κ2) is 7.95. The Kier molecular flexibility index (Phi) is 5.45. The van der Waals surface area contributed by atoms with Crippen LogP contribution in [0, 0.1) is 20.8 Å². The highest BCUT2D eigenvalue weighted by Gasteiger charge is 2.08. The molecule has 2 N–H and O–H groups in total. The summed E-state index contributed by atoms with van der Waals surface area (Å²) in [6.07, 6.45) is 0. The third kappa shape index (κ3) is 4.47. The van der Waals surface area contributed by atoms with Crippen LogP contribution in [0.2, 0.25) is 0 Å². The summed E-state index contributed by atoms with van der Waals surface area (Å²) in [7, 11) is 3.22. The first kappa shape index (κ1) is 18.5. The lowest BCUT2D eigenvalue weighted by atomic mass is 10.1. The van der Waals surface area contributed by atoms with Crippen LogP contribution < -0.4 is 20.1 Å². The number of nitrogens with zero attached hydrogens (tertiary/aromatic N) is 2. The quantitative estimate of drug-likeness (QED) is 0.648. The second-order valence-electron chi connectivity index (χ2n) is 6.36. The normalized spacial score (nSPS) is 10.4. The third-order valence-electron chi connectivity index (χ3n) is 4.15. The van der Waals surface area contributed by atoms with Crippen molar-refractivity contribution >= 4 is 23.1 Å². The number of hydrogen-bond donors (Lipinski definition) is 2. The number of aryl methyl sites for hydroxylation is 3. The van der Waals surface area contributed by atoms with E-state index in [-0.39, 0.29) is 0 Å². The molecule has 0 saturated carbocycles. The molecule has 2 aromatic carbocycles. The first-order valence-corrected chi connectivity index (χ1v) is 8.67. The van der Waals surface area contributed by atoms with Gasteiger partial charge in [0.2, 0.25) is 5.95 Å². The number of ether oxygens (including phenoxy) is 2. The van der Waals surface area contributed by atoms with Gasteiger partial charge in [-0.25, -0.2) is 4.98 Å². The van der Waals surface area contributed by atoms with Crippen LogP contribution in [-0.2, 0) is 0 Å². The molecule has 0 spiro atoms. The minimum Gasteiger partial charge on any atom is -0.493 e. The van der Waals surface area contributed by atoms with E-state index in [1.165, 1.54) is 5.56 Å². The number of methoxy groups -OCH3 is 2. The Labute approximate surface area is 159 Å². The molecule has 0 bridgehead atoms. The third-order valence-corrected chi connectivity index (χ3v) is 4.15. The van der Waals surface area contributed by atoms with Crippen molar-refractivity contribution < 1.29 is 9.47 Å². The number of anilines is 4. The van der Waals surface area contributed by atoms with Gasteiger partial charge in [0.25, 0.3) is 0 Å². The number of hydrogen-bond acceptors (Lipinski definition) is 6. The monoisotopic (exact) mass is 364 g/mol. The van der Waals surface area contributed by atoms with Gasteiger partial charge in [-0.15, -0.1) is 0 Å². The highest BCUT2D eigenvalue weighted by Crippen LogP contribution is 2.31. The first-order chi connectivity index (χ1) is 13.0. The average molecular weight is 364 g/mol. The molecule has 27 heavy (non-hydrogen) atoms. The van der Waals surface area contributed by atoms with E-state index in [0.717, 1.165) is 28.5 Å². The van der Waals surface area contributed by atoms with Crippen molar-refractivity contribution in [2.75, 3.05) is 24.9 Å². The number of nitrogens with one attached hydrogen (secondary N) is 2. The summed E-state index contributed by atoms with van der Waals surface area (Å²) in [5.74, 6) is 2.56. The molecule has 0 amide bonds. The van der Waals surface area contributed by atoms with Crippen LogP contribution in [0.4, 0.5) is 23.1 Å². The lowest BCUT2D eigenvalue weighted by Gasteiger charge is -2.13. The van der Waals surface area contributed by atoms with Crippen LogP contribution in [0.15, 0.2) is 42.5 Å². The zero-order valence-electron chi connectivity index (χ0n) is 16.3. The zero-order chi connectivity index (χ0) is 19.4. The topological polar surface area (TPSA) is 68.3 Å². The maximum Gasteiger partial charge on any atom is 0.229 e. The van der Waals surface area contributed by atoms with Crippen molar-refractivity contribution in [2.24, 2.45) is 0 Å². The fourth-order valence-corrected chi connectivity index (χ4v) is 2.74. The fourth-order valence-electron chi connectivity index (χ4n) is 2.74. The van der Waals surface area contributed by atoms with Gasteiger partial charge in [-0.05, 0) is 50.1 Å². The molecular formula is C21H24N4O2. The molecule has 0 radical (unpaired) electrons. The summed E-state index contributed by atoms with van der Waals surface area (Å²) in [5.41, 5.74) is 5.06. The van der Waals surface area contributed by atoms with Gasteiger partial charge in [0.1, 0.15) is 5.82 Å². The van der Waals surface area contributed by atoms with Crippen molar-refractivity contribution in [2.45, 2.75) is 20.8 Å². The summed E-state index contributed by atoms with van der Waals surface area (Å²) < 4.78 is 10.6. The van der Waals surface area contributed by atoms with Crippen LogP contribution >= 0.6 is 0 Å². The molecule has 0 atom stereocenters. The maximum atomic E-state index is 5.35. The van der Waals surface area contributed by atoms with E-state index in [1.54, 1.807) is 14.2 Å². The summed E-state index contributed by atoms with van der Waals surface area (Å²) in [4.78, 5) is 9.06. The molecule has 0 aliphatic heterocycles. The molecule has 0 aliphatic carbocycles. The lowest BCUT2D eigenvalue weighted by Crippen LogP contribution is -2.03. The molecular weight excluding hydrogens is 340 g/mol. The Morgan fingerprint density at radius 1 is 0.778 bits per heavy atom. The Morgan fingerprint density at radius 2 is 1.56 bits per heavy atom. The standard InChI is InChI=1S/C21H24N4O2/c1-13-6-7-14(2)17(10-13)24-20-11-15(3)22-21(25-20)23-16-8-9-18(26-4)19(12-16)27-5/h6-12H,1-5H3,(H2,22,23,24,25). The molecule has 3 aromatic rings. The Bertz CT molecular complexity index is 957. The highest BCUT2D eigenvalue weighted by atomic mass is 16.5. The molecule has 3 rings (SSSR count). The largest absolute Gasteiger partial charge is 0.493 e. The summed E-state index contributed by atoms with van der Waals surface area (Å²) in [6.45, 7) is 6.08. The molecule has 6 heteroatoms. The maximum absolute atomic E-state index is 5.35. The summed E-state index contributed by atoms with van der Waals surface area (Å²) in [6, 6.07) is 13.8. The number of benzene rings is 2. The van der Waals surface area contributed by atoms with Crippen LogP contribution in [0.3, 0.4) is 0 Å². The minimum atomic E-state index is 0.509. The predicted molar refractivity (Wildman–Crippen MR) is 109 cm³/mol. The molecule has 0 fully saturated rings. The molecule has 0 aliphatic rings. The predicted octanol–water partition coefficient (Wildman–Crippen LogP) is 4.91. The van der Waals surface area contributed by atoms with Gasteiger partial charge in [-0.2, -0.15) is 4.98 Å². The number of rotatable bonds is 6. The molecule has 0 saturated heterocycles. The van der Waals surface area contributed by atoms with Crippen molar-refractivity contribution in [3.63, 3.8) is 0 Å². The van der Waals surface area contributed by atoms with Crippen LogP contribution in [-0.4, -0.2) is 24.2 Å². The van der Waals surface area contributed by atoms with Crippen LogP contribution in [0.25, 0.3) is 0 Å². The molecule has 1 heterocycles. The van der Waals surface area contributed by atoms with E-state index in [9.17, 15) is 0 Å². The van der Waals surface area contributed by atoms with Crippen molar-refractivity contribution in [1.29, 1.82) is 0 Å². The molecule has 1 aromatic heterocycles. The van der Waals surface area contributed by atoms with E-state index in [4.69, 9.17) is 9.47 Å². The Hall–Kier alpha value is -3.28. The van der Waals surface area contributed by atoms with Crippen LogP contribution in [0.5, 0.6) is 11.5 Å². The summed E-state index contributed by atoms with van der Waals surface area (Å²) >= 11 is 0. The van der Waals surface area contributed by atoms with Crippen LogP contribution in [0.1, 0.15) is 16.8 Å². The van der Waals surface area contributed by atoms with Gasteiger partial charge in [0.05, 0.1) is 14.2 Å². The molecule has 0 unspecified atom stereocenters. The summed E-state index contributed by atoms with van der Waals surface area (Å²) in [5, 5.41) is 6.61. The number of aromatic nitrogens is 2. The average Bonchev–Trinajstić information content (AvgIpc) is 2.64. The highest BCUT2D eigenvalue weighted by molar-refractivity contribution is 5.64. The smallest absolute Gasteiger partial charge is 0.229 e. The van der Waals surface area contributed by atoms with Crippen molar-refractivity contribution in [3.8, 4) is 11.5 Å². The zero-order valence-corrected chi connectivity index (χ0v) is 16.3. The van der Waals surface area contributed by atoms with E-state index in [2.05, 4.69) is 52.6 Å². The van der Waals surface area contributed by atoms with E-state index >= 15 is 0 Å². The van der Waals surface area contributed by atoms with E-state index in [0.29, 0.717) is 17.4 Å². The second-order valence-corrected chi connectivity index (χ2v) is 6.36. The van der Waals surface area contributed by atoms with E-state index in [1.807, 2.05) is 31.2 Å². The van der Waals surface area contributed by atoms with Gasteiger partial charge >= 0.3 is 0 Å². The Morgan fingerprint density at radius 3 is 2.30 bits per heavy atom. The SMILES string of the molecule is COc1ccc(Nc2nc(C)cc(Nc3cc(C)ccc3C)n2)cc1OC.